The number of nitrogens with one attached hydrogen (secondary N) is 1. The van der Waals surface area contributed by atoms with E-state index in [9.17, 15) is 4.79 Å². The number of hydrogen-bond donors (Lipinski definition) is 1. The van der Waals surface area contributed by atoms with E-state index in [1.165, 1.54) is 0 Å². The van der Waals surface area contributed by atoms with E-state index in [1.807, 2.05) is 20.8 Å². The molecule has 0 bridgehead atoms. The van der Waals surface area contributed by atoms with E-state index in [-0.39, 0.29) is 17.4 Å². The molecular weight excluding hydrogens is 334 g/mol. The Labute approximate surface area is 150 Å². The van der Waals surface area contributed by atoms with Crippen molar-refractivity contribution in [2.45, 2.75) is 32.8 Å². The van der Waals surface area contributed by atoms with Gasteiger partial charge in [0.1, 0.15) is 16.9 Å². The van der Waals surface area contributed by atoms with Crippen molar-refractivity contribution in [3.63, 3.8) is 0 Å². The lowest BCUT2D eigenvalue weighted by molar-refractivity contribution is 0.102. The summed E-state index contributed by atoms with van der Waals surface area (Å²) in [6.45, 7) is 6.21. The maximum absolute atomic E-state index is 12.9. The summed E-state index contributed by atoms with van der Waals surface area (Å²) in [4.78, 5) is 21.5. The number of ether oxygens (including phenoxy) is 2. The number of hydrogen-bond acceptors (Lipinski definition) is 6. The number of aromatic nitrogens is 4. The van der Waals surface area contributed by atoms with E-state index in [1.54, 1.807) is 35.2 Å². The number of nitrogens with zero attached hydrogens (tertiary/aromatic N) is 4. The third-order valence-electron chi connectivity index (χ3n) is 4.07. The van der Waals surface area contributed by atoms with Crippen molar-refractivity contribution in [1.29, 1.82) is 0 Å². The molecule has 1 N–H and O–H groups in total. The highest BCUT2D eigenvalue weighted by molar-refractivity contribution is 6.07. The van der Waals surface area contributed by atoms with Gasteiger partial charge in [0.05, 0.1) is 12.8 Å². The van der Waals surface area contributed by atoms with Crippen LogP contribution in [0.4, 0.5) is 5.69 Å². The highest BCUT2D eigenvalue weighted by atomic mass is 16.5. The normalized spacial score (nSPS) is 14.7. The first kappa shape index (κ1) is 16.3. The average molecular weight is 353 g/mol. The number of amides is 1. The predicted molar refractivity (Wildman–Crippen MR) is 94.8 cm³/mol. The van der Waals surface area contributed by atoms with Gasteiger partial charge in [-0.1, -0.05) is 0 Å². The SMILES string of the molecule is CCOc1nc2c(cc1C(=O)Nc1cnn3cccnc13)CC(C)(C)O2. The molecule has 1 amide bonds. The van der Waals surface area contributed by atoms with Crippen molar-refractivity contribution < 1.29 is 14.3 Å². The summed E-state index contributed by atoms with van der Waals surface area (Å²) >= 11 is 0. The van der Waals surface area contributed by atoms with Crippen molar-refractivity contribution in [1.82, 2.24) is 19.6 Å². The lowest BCUT2D eigenvalue weighted by Gasteiger charge is -2.16. The van der Waals surface area contributed by atoms with Crippen LogP contribution >= 0.6 is 0 Å². The molecule has 0 saturated heterocycles. The van der Waals surface area contributed by atoms with E-state index in [0.29, 0.717) is 35.8 Å². The summed E-state index contributed by atoms with van der Waals surface area (Å²) in [5, 5.41) is 7.02. The van der Waals surface area contributed by atoms with Crippen LogP contribution in [0.25, 0.3) is 5.65 Å². The minimum absolute atomic E-state index is 0.255. The molecule has 1 aliphatic heterocycles. The topological polar surface area (TPSA) is 90.6 Å². The third kappa shape index (κ3) is 2.83. The Balaban J connectivity index is 1.69. The number of carbonyl (C=O) groups is 1. The molecule has 0 aromatic carbocycles. The summed E-state index contributed by atoms with van der Waals surface area (Å²) in [7, 11) is 0. The van der Waals surface area contributed by atoms with Crippen LogP contribution in [0.15, 0.2) is 30.7 Å². The monoisotopic (exact) mass is 353 g/mol. The summed E-state index contributed by atoms with van der Waals surface area (Å²) < 4.78 is 13.0. The van der Waals surface area contributed by atoms with Crippen molar-refractivity contribution in [3.8, 4) is 11.8 Å². The highest BCUT2D eigenvalue weighted by Gasteiger charge is 2.33. The summed E-state index contributed by atoms with van der Waals surface area (Å²) in [6.07, 6.45) is 5.66. The molecule has 0 aliphatic carbocycles. The van der Waals surface area contributed by atoms with Gasteiger partial charge in [-0.15, -0.1) is 0 Å². The van der Waals surface area contributed by atoms with Crippen molar-refractivity contribution in [3.05, 3.63) is 41.9 Å². The van der Waals surface area contributed by atoms with Crippen LogP contribution in [0, 0.1) is 0 Å². The number of pyridine rings is 1. The average Bonchev–Trinajstić information content (AvgIpc) is 3.13. The van der Waals surface area contributed by atoms with Crippen LogP contribution in [-0.2, 0) is 6.42 Å². The van der Waals surface area contributed by atoms with Gasteiger partial charge in [-0.05, 0) is 32.9 Å². The molecule has 0 radical (unpaired) electrons. The van der Waals surface area contributed by atoms with E-state index >= 15 is 0 Å². The smallest absolute Gasteiger partial charge is 0.261 e. The maximum atomic E-state index is 12.9. The summed E-state index contributed by atoms with van der Waals surface area (Å²) in [5.74, 6) is 0.451. The molecule has 0 unspecified atom stereocenters. The molecule has 1 aliphatic rings. The van der Waals surface area contributed by atoms with Gasteiger partial charge in [0.15, 0.2) is 5.65 Å². The lowest BCUT2D eigenvalue weighted by Crippen LogP contribution is -2.24. The van der Waals surface area contributed by atoms with Gasteiger partial charge in [0.25, 0.3) is 5.91 Å². The van der Waals surface area contributed by atoms with E-state index in [4.69, 9.17) is 9.47 Å². The summed E-state index contributed by atoms with van der Waals surface area (Å²) in [6, 6.07) is 3.56. The van der Waals surface area contributed by atoms with E-state index in [2.05, 4.69) is 20.4 Å². The Morgan fingerprint density at radius 1 is 1.46 bits per heavy atom. The largest absolute Gasteiger partial charge is 0.477 e. The van der Waals surface area contributed by atoms with Gasteiger partial charge in [-0.25, -0.2) is 9.50 Å². The molecule has 8 heteroatoms. The number of rotatable bonds is 4. The molecule has 4 rings (SSSR count). The first-order valence-corrected chi connectivity index (χ1v) is 8.42. The standard InChI is InChI=1S/C18H19N5O3/c1-4-25-17-12(8-11-9-18(2,3)26-16(11)22-17)15(24)21-13-10-20-23-7-5-6-19-14(13)23/h5-8,10H,4,9H2,1-3H3,(H,21,24). The Kier molecular flexibility index (Phi) is 3.75. The quantitative estimate of drug-likeness (QED) is 0.775. The van der Waals surface area contributed by atoms with E-state index in [0.717, 1.165) is 5.56 Å². The van der Waals surface area contributed by atoms with Crippen molar-refractivity contribution >= 4 is 17.2 Å². The first-order chi connectivity index (χ1) is 12.5. The van der Waals surface area contributed by atoms with Crippen LogP contribution in [0.5, 0.6) is 11.8 Å². The fourth-order valence-electron chi connectivity index (χ4n) is 3.01. The molecule has 3 aromatic rings. The minimum atomic E-state index is -0.347. The Morgan fingerprint density at radius 3 is 3.12 bits per heavy atom. The first-order valence-electron chi connectivity index (χ1n) is 8.42. The molecule has 134 valence electrons. The van der Waals surface area contributed by atoms with Crippen molar-refractivity contribution in [2.75, 3.05) is 11.9 Å². The fourth-order valence-corrected chi connectivity index (χ4v) is 3.01. The molecule has 0 fully saturated rings. The molecular formula is C18H19N5O3. The zero-order valence-electron chi connectivity index (χ0n) is 14.8. The van der Waals surface area contributed by atoms with Gasteiger partial charge in [-0.2, -0.15) is 10.1 Å². The molecule has 0 spiro atoms. The summed E-state index contributed by atoms with van der Waals surface area (Å²) in [5.41, 5.74) is 2.00. The number of fused-ring (bicyclic) bond motifs is 2. The van der Waals surface area contributed by atoms with Crippen LogP contribution in [0.1, 0.15) is 36.7 Å². The maximum Gasteiger partial charge on any atom is 0.261 e. The minimum Gasteiger partial charge on any atom is -0.477 e. The van der Waals surface area contributed by atoms with Gasteiger partial charge >= 0.3 is 0 Å². The second-order valence-corrected chi connectivity index (χ2v) is 6.68. The zero-order valence-corrected chi connectivity index (χ0v) is 14.8. The van der Waals surface area contributed by atoms with Crippen LogP contribution in [0.3, 0.4) is 0 Å². The Bertz CT molecular complexity index is 996. The second kappa shape index (κ2) is 5.98. The molecule has 26 heavy (non-hydrogen) atoms. The highest BCUT2D eigenvalue weighted by Crippen LogP contribution is 2.36. The van der Waals surface area contributed by atoms with Crippen LogP contribution in [0.2, 0.25) is 0 Å². The Hall–Kier alpha value is -3.16. The van der Waals surface area contributed by atoms with E-state index < -0.39 is 0 Å². The van der Waals surface area contributed by atoms with Crippen molar-refractivity contribution in [2.24, 2.45) is 0 Å². The number of carbonyl (C=O) groups excluding carboxylic acids is 1. The van der Waals surface area contributed by atoms with Gasteiger partial charge in [0.2, 0.25) is 11.8 Å². The third-order valence-corrected chi connectivity index (χ3v) is 4.07. The molecule has 8 nitrogen and oxygen atoms in total. The lowest BCUT2D eigenvalue weighted by atomic mass is 10.0. The van der Waals surface area contributed by atoms with Crippen LogP contribution < -0.4 is 14.8 Å². The second-order valence-electron chi connectivity index (χ2n) is 6.68. The van der Waals surface area contributed by atoms with Crippen LogP contribution in [-0.4, -0.2) is 37.7 Å². The molecule has 4 heterocycles. The molecule has 3 aromatic heterocycles. The van der Waals surface area contributed by atoms with Gasteiger partial charge in [0, 0.05) is 24.4 Å². The Morgan fingerprint density at radius 2 is 2.31 bits per heavy atom. The van der Waals surface area contributed by atoms with Gasteiger partial charge in [-0.3, -0.25) is 4.79 Å². The predicted octanol–water partition coefficient (Wildman–Crippen LogP) is 2.49. The molecule has 0 saturated carbocycles. The number of anilines is 1. The van der Waals surface area contributed by atoms with Gasteiger partial charge < -0.3 is 14.8 Å². The molecule has 0 atom stereocenters. The zero-order chi connectivity index (χ0) is 18.3. The fraction of sp³-hybridized carbons (Fsp3) is 0.333.